The molecule has 0 atom stereocenters. The summed E-state index contributed by atoms with van der Waals surface area (Å²) in [6, 6.07) is 5.93. The second-order valence-electron chi connectivity index (χ2n) is 2.63. The Morgan fingerprint density at radius 2 is 2.15 bits per heavy atom. The molecule has 0 N–H and O–H groups in total. The molecule has 0 heterocycles. The van der Waals surface area contributed by atoms with Crippen LogP contribution in [0.5, 0.6) is 5.75 Å². The van der Waals surface area contributed by atoms with E-state index < -0.39 is 0 Å². The van der Waals surface area contributed by atoms with Gasteiger partial charge in [0, 0.05) is 11.5 Å². The van der Waals surface area contributed by atoms with Gasteiger partial charge in [-0.25, -0.2) is 0 Å². The lowest BCUT2D eigenvalue weighted by Crippen LogP contribution is -2.14. The summed E-state index contributed by atoms with van der Waals surface area (Å²) in [5.74, 6) is 0.880. The molecule has 0 amide bonds. The van der Waals surface area contributed by atoms with Gasteiger partial charge >= 0.3 is 0 Å². The molecule has 1 rings (SSSR count). The number of benzene rings is 1. The van der Waals surface area contributed by atoms with Crippen molar-refractivity contribution in [2.45, 2.75) is 0 Å². The molecule has 0 saturated heterocycles. The minimum absolute atomic E-state index is 0.778. The van der Waals surface area contributed by atoms with Gasteiger partial charge in [-0.05, 0) is 18.2 Å². The molecule has 0 saturated carbocycles. The zero-order valence-electron chi connectivity index (χ0n) is 7.55. The summed E-state index contributed by atoms with van der Waals surface area (Å²) in [5, 5.41) is 0. The first-order valence-corrected chi connectivity index (χ1v) is 5.71. The van der Waals surface area contributed by atoms with E-state index in [-0.39, 0.29) is 0 Å². The van der Waals surface area contributed by atoms with Gasteiger partial charge in [0.1, 0.15) is 5.75 Å². The highest BCUT2D eigenvalue weighted by Crippen LogP contribution is 2.30. The average molecular weight is 309 g/mol. The van der Waals surface area contributed by atoms with Crippen molar-refractivity contribution in [2.75, 3.05) is 24.5 Å². The first-order chi connectivity index (χ1) is 6.19. The largest absolute Gasteiger partial charge is 0.495 e. The molecule has 0 unspecified atom stereocenters. The van der Waals surface area contributed by atoms with E-state index in [1.165, 1.54) is 0 Å². The monoisotopic (exact) mass is 307 g/mol. The van der Waals surface area contributed by atoms with E-state index in [0.717, 1.165) is 21.4 Å². The van der Waals surface area contributed by atoms with Gasteiger partial charge < -0.3 is 9.64 Å². The summed E-state index contributed by atoms with van der Waals surface area (Å²) in [5.41, 5.74) is 1.84. The van der Waals surface area contributed by atoms with E-state index in [1.807, 2.05) is 25.2 Å². The predicted octanol–water partition coefficient (Wildman–Crippen LogP) is 3.25. The van der Waals surface area contributed by atoms with Crippen LogP contribution in [0.4, 0.5) is 5.69 Å². The molecule has 0 aliphatic rings. The highest BCUT2D eigenvalue weighted by molar-refractivity contribution is 9.10. The van der Waals surface area contributed by atoms with Crippen LogP contribution in [-0.4, -0.2) is 19.6 Å². The standard InChI is InChI=1S/C9H11Br2NO/c1-12(6-10)8-5-7(11)3-4-9(8)13-2/h3-5H,6H2,1-2H3. The second kappa shape index (κ2) is 4.86. The molecule has 0 spiro atoms. The Labute approximate surface area is 95.1 Å². The number of hydrogen-bond donors (Lipinski definition) is 0. The van der Waals surface area contributed by atoms with Crippen molar-refractivity contribution < 1.29 is 4.74 Å². The molecule has 13 heavy (non-hydrogen) atoms. The Morgan fingerprint density at radius 3 is 2.69 bits per heavy atom. The highest BCUT2D eigenvalue weighted by atomic mass is 79.9. The Morgan fingerprint density at radius 1 is 1.46 bits per heavy atom. The van der Waals surface area contributed by atoms with Crippen LogP contribution in [0.3, 0.4) is 0 Å². The van der Waals surface area contributed by atoms with Crippen molar-refractivity contribution in [3.8, 4) is 5.75 Å². The smallest absolute Gasteiger partial charge is 0.142 e. The summed E-state index contributed by atoms with van der Waals surface area (Å²) in [4.78, 5) is 2.06. The van der Waals surface area contributed by atoms with Gasteiger partial charge in [-0.3, -0.25) is 0 Å². The molecular weight excluding hydrogens is 298 g/mol. The van der Waals surface area contributed by atoms with Crippen molar-refractivity contribution in [2.24, 2.45) is 0 Å². The lowest BCUT2D eigenvalue weighted by Gasteiger charge is -2.19. The molecule has 2 nitrogen and oxygen atoms in total. The Balaban J connectivity index is 3.07. The SMILES string of the molecule is COc1ccc(Br)cc1N(C)CBr. The third-order valence-corrected chi connectivity index (χ3v) is 2.98. The zero-order valence-corrected chi connectivity index (χ0v) is 10.7. The Bertz CT molecular complexity index is 291. The molecule has 1 aromatic carbocycles. The van der Waals surface area contributed by atoms with Gasteiger partial charge in [0.25, 0.3) is 0 Å². The Kier molecular flexibility index (Phi) is 4.06. The predicted molar refractivity (Wildman–Crippen MR) is 62.9 cm³/mol. The average Bonchev–Trinajstić information content (AvgIpc) is 2.16. The molecule has 0 fully saturated rings. The van der Waals surface area contributed by atoms with Crippen molar-refractivity contribution in [1.82, 2.24) is 0 Å². The number of alkyl halides is 1. The number of nitrogens with zero attached hydrogens (tertiary/aromatic N) is 1. The van der Waals surface area contributed by atoms with Crippen molar-refractivity contribution in [3.05, 3.63) is 22.7 Å². The Hall–Kier alpha value is -0.220. The molecule has 1 aromatic rings. The highest BCUT2D eigenvalue weighted by Gasteiger charge is 2.06. The van der Waals surface area contributed by atoms with Crippen molar-refractivity contribution in [1.29, 1.82) is 0 Å². The summed E-state index contributed by atoms with van der Waals surface area (Å²) >= 11 is 6.82. The minimum Gasteiger partial charge on any atom is -0.495 e. The van der Waals surface area contributed by atoms with Gasteiger partial charge in [0.2, 0.25) is 0 Å². The van der Waals surface area contributed by atoms with E-state index in [4.69, 9.17) is 4.74 Å². The van der Waals surface area contributed by atoms with Crippen LogP contribution in [0.1, 0.15) is 0 Å². The van der Waals surface area contributed by atoms with E-state index in [9.17, 15) is 0 Å². The summed E-state index contributed by atoms with van der Waals surface area (Å²) in [6.45, 7) is 0. The minimum atomic E-state index is 0.778. The quantitative estimate of drug-likeness (QED) is 0.628. The van der Waals surface area contributed by atoms with Crippen LogP contribution < -0.4 is 9.64 Å². The second-order valence-corrected chi connectivity index (χ2v) is 4.05. The maximum absolute atomic E-state index is 5.24. The van der Waals surface area contributed by atoms with E-state index in [0.29, 0.717) is 0 Å². The maximum Gasteiger partial charge on any atom is 0.142 e. The normalized spacial score (nSPS) is 9.85. The first-order valence-electron chi connectivity index (χ1n) is 3.79. The third-order valence-electron chi connectivity index (χ3n) is 1.73. The van der Waals surface area contributed by atoms with Crippen molar-refractivity contribution in [3.63, 3.8) is 0 Å². The van der Waals surface area contributed by atoms with Crippen LogP contribution in [0.25, 0.3) is 0 Å². The van der Waals surface area contributed by atoms with Crippen LogP contribution in [0.15, 0.2) is 22.7 Å². The summed E-state index contributed by atoms with van der Waals surface area (Å²) in [6.07, 6.45) is 0. The lowest BCUT2D eigenvalue weighted by molar-refractivity contribution is 0.415. The lowest BCUT2D eigenvalue weighted by atomic mass is 10.3. The molecule has 0 aliphatic carbocycles. The summed E-state index contributed by atoms with van der Waals surface area (Å²) < 4.78 is 6.29. The van der Waals surface area contributed by atoms with E-state index in [2.05, 4.69) is 36.8 Å². The fourth-order valence-electron chi connectivity index (χ4n) is 1.03. The molecule has 4 heteroatoms. The first kappa shape index (κ1) is 10.9. The van der Waals surface area contributed by atoms with Crippen molar-refractivity contribution >= 4 is 37.5 Å². The number of hydrogen-bond acceptors (Lipinski definition) is 2. The van der Waals surface area contributed by atoms with Crippen LogP contribution >= 0.6 is 31.9 Å². The number of rotatable bonds is 3. The fourth-order valence-corrected chi connectivity index (χ4v) is 1.64. The number of ether oxygens (including phenoxy) is 1. The fraction of sp³-hybridized carbons (Fsp3) is 0.333. The van der Waals surface area contributed by atoms with Gasteiger partial charge in [0.15, 0.2) is 0 Å². The zero-order chi connectivity index (χ0) is 9.84. The van der Waals surface area contributed by atoms with Gasteiger partial charge in [-0.15, -0.1) is 0 Å². The van der Waals surface area contributed by atoms with Crippen LogP contribution in [0, 0.1) is 0 Å². The number of anilines is 1. The third kappa shape index (κ3) is 2.61. The number of methoxy groups -OCH3 is 1. The van der Waals surface area contributed by atoms with Gasteiger partial charge in [0.05, 0.1) is 18.3 Å². The number of halogens is 2. The maximum atomic E-state index is 5.24. The molecule has 0 aliphatic heterocycles. The van der Waals surface area contributed by atoms with Gasteiger partial charge in [-0.2, -0.15) is 0 Å². The van der Waals surface area contributed by atoms with Crippen LogP contribution in [0.2, 0.25) is 0 Å². The van der Waals surface area contributed by atoms with Gasteiger partial charge in [-0.1, -0.05) is 31.9 Å². The topological polar surface area (TPSA) is 12.5 Å². The van der Waals surface area contributed by atoms with Crippen LogP contribution in [-0.2, 0) is 0 Å². The molecule has 72 valence electrons. The molecule has 0 aromatic heterocycles. The summed E-state index contributed by atoms with van der Waals surface area (Å²) in [7, 11) is 3.67. The molecule has 0 bridgehead atoms. The van der Waals surface area contributed by atoms with E-state index >= 15 is 0 Å². The molecule has 0 radical (unpaired) electrons. The van der Waals surface area contributed by atoms with E-state index in [1.54, 1.807) is 7.11 Å². The molecular formula is C9H11Br2NO.